The number of aromatic nitrogens is 2. The van der Waals surface area contributed by atoms with Gasteiger partial charge < -0.3 is 20.5 Å². The summed E-state index contributed by atoms with van der Waals surface area (Å²) < 4.78 is 81.2. The van der Waals surface area contributed by atoms with Crippen molar-refractivity contribution in [1.29, 1.82) is 0 Å². The number of carbonyl (C=O) groups is 2. The Morgan fingerprint density at radius 1 is 0.627 bits per heavy atom. The molecule has 0 bridgehead atoms. The molecular weight excluding hydrogens is 822 g/mol. The summed E-state index contributed by atoms with van der Waals surface area (Å²) in [6.07, 6.45) is 0. The third-order valence-corrected chi connectivity index (χ3v) is 9.49. The lowest BCUT2D eigenvalue weighted by atomic mass is 10.1. The smallest absolute Gasteiger partial charge is 0.277 e. The minimum atomic E-state index is -0.809. The van der Waals surface area contributed by atoms with Gasteiger partial charge >= 0.3 is 0 Å². The number of pyridine rings is 2. The molecule has 0 aliphatic carbocycles. The highest BCUT2D eigenvalue weighted by Crippen LogP contribution is 2.28. The molecule has 4 aromatic carbocycles. The number of aryl methyl sites for hydroxylation is 3. The van der Waals surface area contributed by atoms with Crippen LogP contribution in [0.5, 0.6) is 11.5 Å². The zero-order chi connectivity index (χ0) is 43.3. The van der Waals surface area contributed by atoms with Crippen LogP contribution in [-0.2, 0) is 13.2 Å². The number of hydrogen-bond acceptors (Lipinski definition) is 6. The standard InChI is InChI=1S/C22H19ClF2N2O3.C20H14ClF3N2O3/c1-12-8-14(21(28)26-3)5-7-18(12)27-13(2)9-19(20(23)22(27)29)30-11-15-4-6-16(24)10-17(15)25;1-10-6-17(29-9-12-2-4-13(22)8-15(12)24)18(21)20(28)26(10)16-7-11(19(25)27)3-5-14(16)23/h4-10H,11H2,1-3H3,(H,26,28);2-8H,9H2,1H3,(H2,25,27). The van der Waals surface area contributed by atoms with E-state index in [0.29, 0.717) is 28.6 Å². The van der Waals surface area contributed by atoms with Gasteiger partial charge in [-0.25, -0.2) is 22.0 Å². The van der Waals surface area contributed by atoms with Crippen LogP contribution in [0.1, 0.15) is 48.8 Å². The molecule has 0 atom stereocenters. The monoisotopic (exact) mass is 854 g/mol. The summed E-state index contributed by atoms with van der Waals surface area (Å²) in [5.41, 5.74) is 6.42. The van der Waals surface area contributed by atoms with Crippen molar-refractivity contribution in [2.45, 2.75) is 34.0 Å². The Morgan fingerprint density at radius 3 is 1.54 bits per heavy atom. The average Bonchev–Trinajstić information content (AvgIpc) is 3.18. The molecular formula is C42H33Cl2F5N4O6. The van der Waals surface area contributed by atoms with E-state index in [1.54, 1.807) is 38.1 Å². The normalized spacial score (nSPS) is 10.8. The second-order valence-electron chi connectivity index (χ2n) is 12.9. The highest BCUT2D eigenvalue weighted by Gasteiger charge is 2.19. The van der Waals surface area contributed by atoms with Gasteiger partial charge in [0.05, 0.1) is 11.4 Å². The minimum Gasteiger partial charge on any atom is -0.487 e. The molecule has 306 valence electrons. The lowest BCUT2D eigenvalue weighted by molar-refractivity contribution is 0.0961. The van der Waals surface area contributed by atoms with Gasteiger partial charge in [-0.15, -0.1) is 0 Å². The summed E-state index contributed by atoms with van der Waals surface area (Å²) in [5, 5.41) is 2.01. The van der Waals surface area contributed by atoms with Gasteiger partial charge in [-0.3, -0.25) is 28.3 Å². The molecule has 17 heteroatoms. The molecule has 6 aromatic rings. The molecule has 2 heterocycles. The molecule has 6 rings (SSSR count). The van der Waals surface area contributed by atoms with Crippen molar-refractivity contribution in [2.24, 2.45) is 5.73 Å². The predicted molar refractivity (Wildman–Crippen MR) is 212 cm³/mol. The van der Waals surface area contributed by atoms with Crippen molar-refractivity contribution in [3.05, 3.63) is 184 Å². The fraction of sp³-hybridized carbons (Fsp3) is 0.143. The first-order valence-corrected chi connectivity index (χ1v) is 18.1. The van der Waals surface area contributed by atoms with Gasteiger partial charge in [0.1, 0.15) is 63.8 Å². The van der Waals surface area contributed by atoms with Crippen molar-refractivity contribution in [3.8, 4) is 22.9 Å². The third kappa shape index (κ3) is 9.82. The number of amides is 2. The number of carbonyl (C=O) groups excluding carboxylic acids is 2. The van der Waals surface area contributed by atoms with Gasteiger partial charge in [-0.1, -0.05) is 23.2 Å². The van der Waals surface area contributed by atoms with E-state index < -0.39 is 46.1 Å². The van der Waals surface area contributed by atoms with E-state index in [9.17, 15) is 41.1 Å². The van der Waals surface area contributed by atoms with E-state index in [4.69, 9.17) is 38.4 Å². The number of nitrogens with zero attached hydrogens (tertiary/aromatic N) is 2. The molecule has 2 amide bonds. The van der Waals surface area contributed by atoms with Crippen molar-refractivity contribution < 1.29 is 41.0 Å². The molecule has 0 aliphatic rings. The number of ether oxygens (including phenoxy) is 2. The zero-order valence-corrected chi connectivity index (χ0v) is 33.1. The summed E-state index contributed by atoms with van der Waals surface area (Å²) in [7, 11) is 1.54. The first kappa shape index (κ1) is 43.7. The Morgan fingerprint density at radius 2 is 1.10 bits per heavy atom. The fourth-order valence-corrected chi connectivity index (χ4v) is 6.18. The van der Waals surface area contributed by atoms with E-state index in [1.807, 2.05) is 0 Å². The van der Waals surface area contributed by atoms with Crippen LogP contribution >= 0.6 is 23.2 Å². The molecule has 0 fully saturated rings. The van der Waals surface area contributed by atoms with E-state index in [-0.39, 0.29) is 68.7 Å². The Hall–Kier alpha value is -6.45. The number of hydrogen-bond donors (Lipinski definition) is 2. The van der Waals surface area contributed by atoms with Crippen molar-refractivity contribution in [2.75, 3.05) is 7.05 Å². The highest BCUT2D eigenvalue weighted by atomic mass is 35.5. The van der Waals surface area contributed by atoms with Gasteiger partial charge in [-0.05, 0) is 87.0 Å². The number of rotatable bonds is 10. The maximum Gasteiger partial charge on any atom is 0.277 e. The van der Waals surface area contributed by atoms with Crippen LogP contribution in [0.3, 0.4) is 0 Å². The van der Waals surface area contributed by atoms with Gasteiger partial charge in [0, 0.05) is 65.0 Å². The minimum absolute atomic E-state index is 0.0101. The largest absolute Gasteiger partial charge is 0.487 e. The molecule has 59 heavy (non-hydrogen) atoms. The first-order valence-electron chi connectivity index (χ1n) is 17.3. The Kier molecular flexibility index (Phi) is 13.6. The molecule has 0 aliphatic heterocycles. The summed E-state index contributed by atoms with van der Waals surface area (Å²) in [6, 6.07) is 17.4. The van der Waals surface area contributed by atoms with Gasteiger partial charge in [0.15, 0.2) is 0 Å². The first-order chi connectivity index (χ1) is 27.9. The topological polar surface area (TPSA) is 135 Å². The van der Waals surface area contributed by atoms with Gasteiger partial charge in [0.2, 0.25) is 5.91 Å². The number of halogens is 7. The van der Waals surface area contributed by atoms with Crippen molar-refractivity contribution in [3.63, 3.8) is 0 Å². The number of primary amides is 1. The average molecular weight is 856 g/mol. The summed E-state index contributed by atoms with van der Waals surface area (Å²) in [6.45, 7) is 4.47. The Bertz CT molecular complexity index is 2740. The maximum atomic E-state index is 14.3. The molecule has 10 nitrogen and oxygen atoms in total. The maximum absolute atomic E-state index is 14.3. The molecule has 0 saturated carbocycles. The molecule has 0 radical (unpaired) electrons. The summed E-state index contributed by atoms with van der Waals surface area (Å²) in [5.74, 6) is -4.72. The Labute approximate surface area is 343 Å². The number of nitrogens with two attached hydrogens (primary N) is 1. The molecule has 3 N–H and O–H groups in total. The van der Waals surface area contributed by atoms with Crippen LogP contribution < -0.4 is 31.6 Å². The summed E-state index contributed by atoms with van der Waals surface area (Å²) >= 11 is 12.3. The molecule has 0 unspecified atom stereocenters. The SMILES string of the molecule is CNC(=O)c1ccc(-n2c(C)cc(OCc3ccc(F)cc3F)c(Cl)c2=O)c(C)c1.Cc1cc(OCc2ccc(F)cc2F)c(Cl)c(=O)n1-c1cc(C(N)=O)ccc1F. The summed E-state index contributed by atoms with van der Waals surface area (Å²) in [4.78, 5) is 48.8. The predicted octanol–water partition coefficient (Wildman–Crippen LogP) is 8.22. The van der Waals surface area contributed by atoms with Gasteiger partial charge in [0.25, 0.3) is 17.0 Å². The number of benzene rings is 4. The van der Waals surface area contributed by atoms with Crippen LogP contribution in [0, 0.1) is 49.9 Å². The molecule has 2 aromatic heterocycles. The van der Waals surface area contributed by atoms with E-state index in [2.05, 4.69) is 5.32 Å². The lowest BCUT2D eigenvalue weighted by Crippen LogP contribution is -2.23. The van der Waals surface area contributed by atoms with Crippen LogP contribution in [0.15, 0.2) is 94.5 Å². The van der Waals surface area contributed by atoms with E-state index >= 15 is 0 Å². The quantitative estimate of drug-likeness (QED) is 0.134. The van der Waals surface area contributed by atoms with E-state index in [0.717, 1.165) is 34.9 Å². The second-order valence-corrected chi connectivity index (χ2v) is 13.6. The zero-order valence-electron chi connectivity index (χ0n) is 31.6. The van der Waals surface area contributed by atoms with Gasteiger partial charge in [-0.2, -0.15) is 0 Å². The number of nitrogens with one attached hydrogen (secondary N) is 1. The van der Waals surface area contributed by atoms with Crippen molar-refractivity contribution >= 4 is 35.0 Å². The van der Waals surface area contributed by atoms with E-state index in [1.165, 1.54) is 42.8 Å². The molecule has 0 saturated heterocycles. The van der Waals surface area contributed by atoms with Crippen LogP contribution in [0.2, 0.25) is 10.0 Å². The lowest BCUT2D eigenvalue weighted by Gasteiger charge is -2.16. The second kappa shape index (κ2) is 18.4. The third-order valence-electron chi connectivity index (χ3n) is 8.79. The fourth-order valence-electron chi connectivity index (χ4n) is 5.79. The Balaban J connectivity index is 0.000000224. The van der Waals surface area contributed by atoms with Crippen LogP contribution in [-0.4, -0.2) is 28.0 Å². The van der Waals surface area contributed by atoms with Crippen LogP contribution in [0.4, 0.5) is 22.0 Å². The van der Waals surface area contributed by atoms with Crippen LogP contribution in [0.25, 0.3) is 11.4 Å². The molecule has 0 spiro atoms. The van der Waals surface area contributed by atoms with Crippen molar-refractivity contribution in [1.82, 2.24) is 14.5 Å². The highest BCUT2D eigenvalue weighted by molar-refractivity contribution is 6.32.